The lowest BCUT2D eigenvalue weighted by Crippen LogP contribution is -2.13. The van der Waals surface area contributed by atoms with E-state index in [4.69, 9.17) is 11.6 Å². The number of halogens is 1. The highest BCUT2D eigenvalue weighted by atomic mass is 35.5. The van der Waals surface area contributed by atoms with Crippen molar-refractivity contribution in [1.29, 1.82) is 0 Å². The minimum Gasteiger partial charge on any atom is -0.478 e. The van der Waals surface area contributed by atoms with Gasteiger partial charge in [-0.2, -0.15) is 0 Å². The van der Waals surface area contributed by atoms with Gasteiger partial charge in [-0.05, 0) is 38.0 Å². The van der Waals surface area contributed by atoms with Crippen LogP contribution < -0.4 is 0 Å². The smallest absolute Gasteiger partial charge is 0.337 e. The fraction of sp³-hybridized carbons (Fsp3) is 0.176. The van der Waals surface area contributed by atoms with Crippen molar-refractivity contribution < 1.29 is 14.7 Å². The summed E-state index contributed by atoms with van der Waals surface area (Å²) in [7, 11) is 0. The lowest BCUT2D eigenvalue weighted by Gasteiger charge is -2.12. The van der Waals surface area contributed by atoms with Crippen molar-refractivity contribution in [3.63, 3.8) is 0 Å². The van der Waals surface area contributed by atoms with Crippen LogP contribution in [0, 0.1) is 20.8 Å². The molecule has 0 spiro atoms. The summed E-state index contributed by atoms with van der Waals surface area (Å²) in [6.07, 6.45) is 0. The predicted molar refractivity (Wildman–Crippen MR) is 82.5 cm³/mol. The van der Waals surface area contributed by atoms with E-state index in [-0.39, 0.29) is 21.9 Å². The molecule has 0 aliphatic rings. The number of hydrogen-bond acceptors (Lipinski definition) is 2. The number of rotatable bonds is 3. The van der Waals surface area contributed by atoms with Crippen LogP contribution in [0.15, 0.2) is 30.3 Å². The molecular formula is C17H15ClO3. The van der Waals surface area contributed by atoms with E-state index < -0.39 is 5.97 Å². The van der Waals surface area contributed by atoms with Gasteiger partial charge in [-0.3, -0.25) is 4.79 Å². The van der Waals surface area contributed by atoms with Crippen molar-refractivity contribution in [1.82, 2.24) is 0 Å². The van der Waals surface area contributed by atoms with Crippen molar-refractivity contribution in [3.8, 4) is 0 Å². The highest BCUT2D eigenvalue weighted by Gasteiger charge is 2.23. The molecule has 0 radical (unpaired) electrons. The lowest BCUT2D eigenvalue weighted by molar-refractivity contribution is 0.0693. The molecule has 0 aromatic heterocycles. The van der Waals surface area contributed by atoms with Gasteiger partial charge in [-0.15, -0.1) is 0 Å². The van der Waals surface area contributed by atoms with E-state index in [9.17, 15) is 14.7 Å². The second kappa shape index (κ2) is 5.70. The Kier molecular flexibility index (Phi) is 4.14. The van der Waals surface area contributed by atoms with Crippen LogP contribution in [0.1, 0.15) is 43.0 Å². The molecular weight excluding hydrogens is 288 g/mol. The predicted octanol–water partition coefficient (Wildman–Crippen LogP) is 4.19. The van der Waals surface area contributed by atoms with Gasteiger partial charge in [0.05, 0.1) is 10.6 Å². The number of aromatic carboxylic acids is 1. The lowest BCUT2D eigenvalue weighted by atomic mass is 9.91. The molecule has 0 heterocycles. The molecule has 4 heteroatoms. The van der Waals surface area contributed by atoms with E-state index in [1.165, 1.54) is 12.1 Å². The van der Waals surface area contributed by atoms with Gasteiger partial charge in [0.15, 0.2) is 5.78 Å². The maximum atomic E-state index is 12.8. The van der Waals surface area contributed by atoms with Crippen LogP contribution in [0.4, 0.5) is 0 Å². The quantitative estimate of drug-likeness (QED) is 0.865. The van der Waals surface area contributed by atoms with Crippen molar-refractivity contribution in [3.05, 3.63) is 68.7 Å². The number of carboxylic acids is 1. The Bertz CT molecular complexity index is 725. The van der Waals surface area contributed by atoms with E-state index >= 15 is 0 Å². The second-order valence-electron chi connectivity index (χ2n) is 5.07. The molecule has 2 aromatic carbocycles. The summed E-state index contributed by atoms with van der Waals surface area (Å²) in [5, 5.41) is 9.35. The minimum atomic E-state index is -1.20. The van der Waals surface area contributed by atoms with Crippen LogP contribution in [0.5, 0.6) is 0 Å². The molecule has 0 fully saturated rings. The van der Waals surface area contributed by atoms with E-state index in [0.29, 0.717) is 5.56 Å². The molecule has 0 aliphatic heterocycles. The third-order valence-electron chi connectivity index (χ3n) is 3.38. The third kappa shape index (κ3) is 2.83. The van der Waals surface area contributed by atoms with Crippen molar-refractivity contribution in [2.45, 2.75) is 20.8 Å². The van der Waals surface area contributed by atoms with Crippen LogP contribution in [-0.2, 0) is 0 Å². The SMILES string of the molecule is Cc1cc(C)c(C(=O)c2cccc(Cl)c2C(=O)O)c(C)c1. The fourth-order valence-electron chi connectivity index (χ4n) is 2.60. The zero-order chi connectivity index (χ0) is 15.7. The molecule has 0 aliphatic carbocycles. The van der Waals surface area contributed by atoms with Gasteiger partial charge in [0, 0.05) is 11.1 Å². The second-order valence-corrected chi connectivity index (χ2v) is 5.48. The molecule has 0 saturated heterocycles. The van der Waals surface area contributed by atoms with Gasteiger partial charge in [0.25, 0.3) is 0 Å². The number of benzene rings is 2. The zero-order valence-electron chi connectivity index (χ0n) is 12.0. The number of aryl methyl sites for hydroxylation is 3. The summed E-state index contributed by atoms with van der Waals surface area (Å²) in [4.78, 5) is 24.1. The Hall–Kier alpha value is -2.13. The Morgan fingerprint density at radius 1 is 1.00 bits per heavy atom. The number of ketones is 1. The Morgan fingerprint density at radius 2 is 1.57 bits per heavy atom. The first-order chi connectivity index (χ1) is 9.82. The number of carbonyl (C=O) groups excluding carboxylic acids is 1. The summed E-state index contributed by atoms with van der Waals surface area (Å²) in [6, 6.07) is 8.37. The van der Waals surface area contributed by atoms with Gasteiger partial charge in [-0.1, -0.05) is 41.4 Å². The van der Waals surface area contributed by atoms with Crippen molar-refractivity contribution in [2.75, 3.05) is 0 Å². The Morgan fingerprint density at radius 3 is 2.10 bits per heavy atom. The topological polar surface area (TPSA) is 54.4 Å². The monoisotopic (exact) mass is 302 g/mol. The molecule has 3 nitrogen and oxygen atoms in total. The summed E-state index contributed by atoms with van der Waals surface area (Å²) in [5.74, 6) is -1.52. The molecule has 0 unspecified atom stereocenters. The Balaban J connectivity index is 2.67. The third-order valence-corrected chi connectivity index (χ3v) is 3.69. The highest BCUT2D eigenvalue weighted by Crippen LogP contribution is 2.26. The minimum absolute atomic E-state index is 0.0655. The molecule has 2 rings (SSSR count). The van der Waals surface area contributed by atoms with Gasteiger partial charge in [0.1, 0.15) is 0 Å². The van der Waals surface area contributed by atoms with Crippen LogP contribution in [-0.4, -0.2) is 16.9 Å². The van der Waals surface area contributed by atoms with E-state index in [2.05, 4.69) is 0 Å². The first-order valence-corrected chi connectivity index (χ1v) is 6.85. The zero-order valence-corrected chi connectivity index (χ0v) is 12.8. The summed E-state index contributed by atoms with van der Waals surface area (Å²) in [5.41, 5.74) is 3.22. The molecule has 0 atom stereocenters. The first-order valence-electron chi connectivity index (χ1n) is 6.47. The van der Waals surface area contributed by atoms with Crippen LogP contribution in [0.3, 0.4) is 0 Å². The van der Waals surface area contributed by atoms with Gasteiger partial charge >= 0.3 is 5.97 Å². The van der Waals surface area contributed by atoms with Crippen molar-refractivity contribution >= 4 is 23.4 Å². The van der Waals surface area contributed by atoms with Crippen LogP contribution >= 0.6 is 11.6 Å². The summed E-state index contributed by atoms with van der Waals surface area (Å²) in [6.45, 7) is 5.65. The average molecular weight is 303 g/mol. The highest BCUT2D eigenvalue weighted by molar-refractivity contribution is 6.35. The van der Waals surface area contributed by atoms with E-state index in [0.717, 1.165) is 16.7 Å². The van der Waals surface area contributed by atoms with Gasteiger partial charge in [-0.25, -0.2) is 4.79 Å². The van der Waals surface area contributed by atoms with Gasteiger partial charge in [0.2, 0.25) is 0 Å². The maximum absolute atomic E-state index is 12.8. The summed E-state index contributed by atoms with van der Waals surface area (Å²) >= 11 is 5.93. The summed E-state index contributed by atoms with van der Waals surface area (Å²) < 4.78 is 0. The van der Waals surface area contributed by atoms with Gasteiger partial charge < -0.3 is 5.11 Å². The molecule has 2 aromatic rings. The molecule has 0 bridgehead atoms. The standard InChI is InChI=1S/C17H15ClO3/c1-9-7-10(2)14(11(3)8-9)16(19)12-5-4-6-13(18)15(12)17(20)21/h4-8H,1-3H3,(H,20,21). The Labute approximate surface area is 128 Å². The molecule has 0 amide bonds. The maximum Gasteiger partial charge on any atom is 0.337 e. The normalized spacial score (nSPS) is 10.5. The van der Waals surface area contributed by atoms with Crippen LogP contribution in [0.2, 0.25) is 5.02 Å². The molecule has 1 N–H and O–H groups in total. The van der Waals surface area contributed by atoms with E-state index in [1.54, 1.807) is 6.07 Å². The number of carbonyl (C=O) groups is 2. The molecule has 0 saturated carbocycles. The van der Waals surface area contributed by atoms with Crippen molar-refractivity contribution in [2.24, 2.45) is 0 Å². The fourth-order valence-corrected chi connectivity index (χ4v) is 2.86. The van der Waals surface area contributed by atoms with Crippen LogP contribution in [0.25, 0.3) is 0 Å². The molecule has 108 valence electrons. The molecule has 21 heavy (non-hydrogen) atoms. The van der Waals surface area contributed by atoms with E-state index in [1.807, 2.05) is 32.9 Å². The average Bonchev–Trinajstić information content (AvgIpc) is 2.36. The first kappa shape index (κ1) is 15.3. The number of hydrogen-bond donors (Lipinski definition) is 1. The number of carboxylic acid groups (broad SMARTS) is 1. The largest absolute Gasteiger partial charge is 0.478 e.